The third kappa shape index (κ3) is 4.12. The molecule has 2 fully saturated rings. The second kappa shape index (κ2) is 8.50. The van der Waals surface area contributed by atoms with Gasteiger partial charge < -0.3 is 55.4 Å². The molecule has 1 saturated heterocycles. The number of rotatable bonds is 4. The molecule has 0 aromatic rings. The Kier molecular flexibility index (Phi) is 7.09. The maximum atomic E-state index is 10.3. The monoisotopic (exact) mass is 370 g/mol. The molecule has 7 unspecified atom stereocenters. The lowest BCUT2D eigenvalue weighted by Crippen LogP contribution is -2.61. The predicted octanol–water partition coefficient (Wildman–Crippen LogP) is -5.37. The molecule has 0 bridgehead atoms. The molecule has 2 rings (SSSR count). The number of hydrogen-bond acceptors (Lipinski definition) is 11. The lowest BCUT2D eigenvalue weighted by molar-refractivity contribution is -0.325. The number of aliphatic hydroxyl groups is 9. The van der Waals surface area contributed by atoms with E-state index < -0.39 is 80.4 Å². The molecular weight excluding hydrogens is 344 g/mol. The molecule has 9 N–H and O–H groups in total. The van der Waals surface area contributed by atoms with E-state index in [1.54, 1.807) is 0 Å². The molecule has 0 radical (unpaired) electrons. The van der Waals surface area contributed by atoms with Crippen LogP contribution in [0.15, 0.2) is 0 Å². The van der Waals surface area contributed by atoms with Crippen molar-refractivity contribution in [3.05, 3.63) is 0 Å². The summed E-state index contributed by atoms with van der Waals surface area (Å²) in [6.07, 6.45) is -15.8. The van der Waals surface area contributed by atoms with Gasteiger partial charge in [-0.2, -0.15) is 0 Å². The van der Waals surface area contributed by atoms with Crippen molar-refractivity contribution in [2.75, 3.05) is 13.2 Å². The molecule has 0 amide bonds. The van der Waals surface area contributed by atoms with Crippen LogP contribution in [-0.2, 0) is 9.47 Å². The molecule has 11 heteroatoms. The Bertz CT molecular complexity index is 422. The zero-order chi connectivity index (χ0) is 18.9. The SMILES string of the molecule is OCC1O[C@@H](O[C@@H]2C(O)CC(O)[C@@H](O)C(CO)C2O)C(O)C(O)[C@@H]1O. The van der Waals surface area contributed by atoms with Crippen molar-refractivity contribution in [2.24, 2.45) is 5.92 Å². The highest BCUT2D eigenvalue weighted by molar-refractivity contribution is 4.96. The van der Waals surface area contributed by atoms with Gasteiger partial charge in [0.1, 0.15) is 30.5 Å². The lowest BCUT2D eigenvalue weighted by atomic mass is 9.93. The van der Waals surface area contributed by atoms with Crippen molar-refractivity contribution >= 4 is 0 Å². The fourth-order valence-electron chi connectivity index (χ4n) is 3.20. The minimum atomic E-state index is -1.75. The summed E-state index contributed by atoms with van der Waals surface area (Å²) in [7, 11) is 0. The van der Waals surface area contributed by atoms with Crippen molar-refractivity contribution in [1.29, 1.82) is 0 Å². The Morgan fingerprint density at radius 3 is 1.92 bits per heavy atom. The minimum absolute atomic E-state index is 0.378. The van der Waals surface area contributed by atoms with Crippen molar-refractivity contribution < 1.29 is 55.4 Å². The van der Waals surface area contributed by atoms with Gasteiger partial charge in [0.25, 0.3) is 0 Å². The van der Waals surface area contributed by atoms with Gasteiger partial charge in [-0.05, 0) is 0 Å². The standard InChI is InChI=1S/C14H26O11/c15-2-4-8(19)5(17)1-6(18)13(9(4)20)25-14-12(23)11(22)10(21)7(3-16)24-14/h4-23H,1-3H2/t4?,5?,6?,7?,8-,9?,10+,11?,12?,13+,14-/m0/s1. The molecule has 1 heterocycles. The van der Waals surface area contributed by atoms with Crippen LogP contribution in [0, 0.1) is 5.92 Å². The van der Waals surface area contributed by atoms with E-state index in [-0.39, 0.29) is 6.42 Å². The van der Waals surface area contributed by atoms with Crippen LogP contribution in [0.4, 0.5) is 0 Å². The van der Waals surface area contributed by atoms with Crippen LogP contribution in [0.25, 0.3) is 0 Å². The molecule has 0 spiro atoms. The molecular formula is C14H26O11. The van der Waals surface area contributed by atoms with Crippen molar-refractivity contribution in [3.63, 3.8) is 0 Å². The average molecular weight is 370 g/mol. The van der Waals surface area contributed by atoms with Crippen LogP contribution in [0.1, 0.15) is 6.42 Å². The van der Waals surface area contributed by atoms with E-state index in [9.17, 15) is 40.9 Å². The molecule has 1 saturated carbocycles. The fraction of sp³-hybridized carbons (Fsp3) is 1.00. The summed E-state index contributed by atoms with van der Waals surface area (Å²) in [5.41, 5.74) is 0. The highest BCUT2D eigenvalue weighted by Gasteiger charge is 2.49. The Morgan fingerprint density at radius 2 is 1.36 bits per heavy atom. The summed E-state index contributed by atoms with van der Waals surface area (Å²) in [4.78, 5) is 0. The Hall–Kier alpha value is -0.440. The summed E-state index contributed by atoms with van der Waals surface area (Å²) >= 11 is 0. The normalized spacial score (nSPS) is 52.0. The third-order valence-corrected chi connectivity index (χ3v) is 4.82. The molecule has 1 aliphatic carbocycles. The van der Waals surface area contributed by atoms with E-state index >= 15 is 0 Å². The lowest BCUT2D eigenvalue weighted by Gasteiger charge is -2.42. The highest BCUT2D eigenvalue weighted by Crippen LogP contribution is 2.30. The second-order valence-corrected chi connectivity index (χ2v) is 6.50. The molecule has 2 aliphatic rings. The van der Waals surface area contributed by atoms with E-state index in [1.165, 1.54) is 0 Å². The van der Waals surface area contributed by atoms with E-state index in [0.29, 0.717) is 0 Å². The number of aliphatic hydroxyl groups excluding tert-OH is 9. The summed E-state index contributed by atoms with van der Waals surface area (Å²) in [6, 6.07) is 0. The van der Waals surface area contributed by atoms with Gasteiger partial charge in [0.2, 0.25) is 0 Å². The Balaban J connectivity index is 2.18. The van der Waals surface area contributed by atoms with Crippen LogP contribution >= 0.6 is 0 Å². The van der Waals surface area contributed by atoms with E-state index in [4.69, 9.17) is 14.6 Å². The molecule has 11 nitrogen and oxygen atoms in total. The van der Waals surface area contributed by atoms with Gasteiger partial charge in [-0.3, -0.25) is 0 Å². The quantitative estimate of drug-likeness (QED) is 0.214. The van der Waals surface area contributed by atoms with Gasteiger partial charge in [-0.15, -0.1) is 0 Å². The zero-order valence-corrected chi connectivity index (χ0v) is 13.3. The first-order valence-corrected chi connectivity index (χ1v) is 8.02. The molecule has 148 valence electrons. The van der Waals surface area contributed by atoms with E-state index in [0.717, 1.165) is 0 Å². The summed E-state index contributed by atoms with van der Waals surface area (Å²) in [5, 5.41) is 88.1. The average Bonchev–Trinajstić information content (AvgIpc) is 2.65. The summed E-state index contributed by atoms with van der Waals surface area (Å²) in [6.45, 7) is -1.39. The van der Waals surface area contributed by atoms with Crippen LogP contribution < -0.4 is 0 Å². The maximum Gasteiger partial charge on any atom is 0.187 e. The Morgan fingerprint density at radius 1 is 0.720 bits per heavy atom. The second-order valence-electron chi connectivity index (χ2n) is 6.50. The van der Waals surface area contributed by atoms with Gasteiger partial charge in [-0.25, -0.2) is 0 Å². The number of hydrogen-bond donors (Lipinski definition) is 9. The topological polar surface area (TPSA) is 201 Å². The minimum Gasteiger partial charge on any atom is -0.396 e. The predicted molar refractivity (Wildman–Crippen MR) is 77.9 cm³/mol. The smallest absolute Gasteiger partial charge is 0.187 e. The van der Waals surface area contributed by atoms with Crippen LogP contribution in [0.3, 0.4) is 0 Å². The van der Waals surface area contributed by atoms with Crippen molar-refractivity contribution in [2.45, 2.75) is 67.6 Å². The zero-order valence-electron chi connectivity index (χ0n) is 13.3. The van der Waals surface area contributed by atoms with Gasteiger partial charge in [0.05, 0.1) is 37.6 Å². The molecule has 0 aromatic heterocycles. The van der Waals surface area contributed by atoms with Crippen molar-refractivity contribution in [1.82, 2.24) is 0 Å². The van der Waals surface area contributed by atoms with Gasteiger partial charge in [0.15, 0.2) is 6.29 Å². The summed E-state index contributed by atoms with van der Waals surface area (Å²) in [5.74, 6) is -1.23. The molecule has 1 aliphatic heterocycles. The van der Waals surface area contributed by atoms with Crippen LogP contribution in [0.2, 0.25) is 0 Å². The molecule has 11 atom stereocenters. The highest BCUT2D eigenvalue weighted by atomic mass is 16.7. The van der Waals surface area contributed by atoms with E-state index in [2.05, 4.69) is 0 Å². The third-order valence-electron chi connectivity index (χ3n) is 4.82. The molecule has 0 aromatic carbocycles. The first-order chi connectivity index (χ1) is 11.7. The van der Waals surface area contributed by atoms with Gasteiger partial charge in [-0.1, -0.05) is 0 Å². The van der Waals surface area contributed by atoms with Gasteiger partial charge in [0, 0.05) is 12.3 Å². The summed E-state index contributed by atoms with van der Waals surface area (Å²) < 4.78 is 10.5. The first-order valence-electron chi connectivity index (χ1n) is 8.02. The number of ether oxygens (including phenoxy) is 2. The Labute approximate surface area is 143 Å². The van der Waals surface area contributed by atoms with E-state index in [1.807, 2.05) is 0 Å². The van der Waals surface area contributed by atoms with Crippen LogP contribution in [0.5, 0.6) is 0 Å². The largest absolute Gasteiger partial charge is 0.396 e. The van der Waals surface area contributed by atoms with Gasteiger partial charge >= 0.3 is 0 Å². The van der Waals surface area contributed by atoms with Crippen molar-refractivity contribution in [3.8, 4) is 0 Å². The first kappa shape index (κ1) is 20.9. The van der Waals surface area contributed by atoms with Crippen LogP contribution in [-0.4, -0.2) is 120 Å². The fourth-order valence-corrected chi connectivity index (χ4v) is 3.20. The molecule has 25 heavy (non-hydrogen) atoms. The maximum absolute atomic E-state index is 10.3.